The number of nitrogens with zero attached hydrogens (tertiary/aromatic N) is 4. The summed E-state index contributed by atoms with van der Waals surface area (Å²) in [5.74, 6) is -0.0871. The molecule has 2 amide bonds. The minimum absolute atomic E-state index is 0.323. The molecule has 104 valence electrons. The molecule has 0 radical (unpaired) electrons. The number of amides is 2. The highest BCUT2D eigenvalue weighted by Gasteiger charge is 2.34. The van der Waals surface area contributed by atoms with Gasteiger partial charge >= 0.3 is 12.0 Å². The van der Waals surface area contributed by atoms with E-state index in [1.165, 1.54) is 16.7 Å². The van der Waals surface area contributed by atoms with Crippen LogP contribution in [0.3, 0.4) is 0 Å². The van der Waals surface area contributed by atoms with Crippen LogP contribution >= 0.6 is 11.8 Å². The van der Waals surface area contributed by atoms with Gasteiger partial charge in [0.1, 0.15) is 6.04 Å². The van der Waals surface area contributed by atoms with Gasteiger partial charge in [0.2, 0.25) is 0 Å². The molecule has 8 nitrogen and oxygen atoms in total. The molecule has 9 heteroatoms. The number of thioether (sulfide) groups is 1. The van der Waals surface area contributed by atoms with Crippen LogP contribution in [-0.4, -0.2) is 61.2 Å². The van der Waals surface area contributed by atoms with Gasteiger partial charge in [-0.1, -0.05) is 5.21 Å². The molecule has 1 aromatic heterocycles. The van der Waals surface area contributed by atoms with Gasteiger partial charge in [-0.2, -0.15) is 0 Å². The minimum Gasteiger partial charge on any atom is -0.480 e. The van der Waals surface area contributed by atoms with Crippen molar-refractivity contribution >= 4 is 23.8 Å². The van der Waals surface area contributed by atoms with Crippen LogP contribution in [0.4, 0.5) is 4.79 Å². The molecule has 2 N–H and O–H groups in total. The SMILES string of the molecule is O=C(O)C1CSCN1C(=O)NCCCn1ccnn1. The van der Waals surface area contributed by atoms with Gasteiger partial charge < -0.3 is 15.3 Å². The van der Waals surface area contributed by atoms with E-state index in [4.69, 9.17) is 5.11 Å². The Hall–Kier alpha value is -1.77. The predicted molar refractivity (Wildman–Crippen MR) is 68.6 cm³/mol. The molecule has 0 spiro atoms. The number of carboxylic acids is 1. The minimum atomic E-state index is -0.956. The fourth-order valence-corrected chi connectivity index (χ4v) is 2.88. The van der Waals surface area contributed by atoms with E-state index in [1.807, 2.05) is 0 Å². The number of nitrogens with one attached hydrogen (secondary N) is 1. The summed E-state index contributed by atoms with van der Waals surface area (Å²) < 4.78 is 1.68. The first-order valence-electron chi connectivity index (χ1n) is 5.87. The van der Waals surface area contributed by atoms with E-state index in [-0.39, 0.29) is 6.03 Å². The standard InChI is InChI=1S/C10H15N5O3S/c16-9(17)8-6-19-7-15(8)10(18)11-2-1-4-14-5-3-12-13-14/h3,5,8H,1-2,4,6-7H2,(H,11,18)(H,16,17). The van der Waals surface area contributed by atoms with Crippen molar-refractivity contribution in [3.05, 3.63) is 12.4 Å². The summed E-state index contributed by atoms with van der Waals surface area (Å²) in [4.78, 5) is 24.1. The second-order valence-electron chi connectivity index (χ2n) is 4.08. The average molecular weight is 285 g/mol. The van der Waals surface area contributed by atoms with E-state index >= 15 is 0 Å². The molecule has 1 aliphatic rings. The van der Waals surface area contributed by atoms with Gasteiger partial charge in [-0.05, 0) is 6.42 Å². The molecule has 1 unspecified atom stereocenters. The monoisotopic (exact) mass is 285 g/mol. The Balaban J connectivity index is 1.70. The number of aryl methyl sites for hydroxylation is 1. The summed E-state index contributed by atoms with van der Waals surface area (Å²) in [5, 5.41) is 19.2. The maximum atomic E-state index is 11.8. The van der Waals surface area contributed by atoms with Crippen LogP contribution in [0, 0.1) is 0 Å². The van der Waals surface area contributed by atoms with Gasteiger partial charge in [0.05, 0.1) is 12.1 Å². The Morgan fingerprint density at radius 1 is 1.53 bits per heavy atom. The maximum absolute atomic E-state index is 11.8. The molecule has 1 atom stereocenters. The summed E-state index contributed by atoms with van der Waals surface area (Å²) in [6.07, 6.45) is 4.06. The molecule has 1 fully saturated rings. The molecule has 19 heavy (non-hydrogen) atoms. The number of rotatable bonds is 5. The van der Waals surface area contributed by atoms with Gasteiger partial charge in [0, 0.05) is 25.0 Å². The number of carbonyl (C=O) groups is 2. The third kappa shape index (κ3) is 3.60. The third-order valence-corrected chi connectivity index (χ3v) is 3.75. The molecular formula is C10H15N5O3S. The zero-order valence-electron chi connectivity index (χ0n) is 10.2. The van der Waals surface area contributed by atoms with E-state index in [1.54, 1.807) is 17.1 Å². The fourth-order valence-electron chi connectivity index (χ4n) is 1.74. The van der Waals surface area contributed by atoms with E-state index < -0.39 is 12.0 Å². The van der Waals surface area contributed by atoms with Gasteiger partial charge in [0.15, 0.2) is 0 Å². The average Bonchev–Trinajstić information content (AvgIpc) is 3.04. The van der Waals surface area contributed by atoms with E-state index in [0.717, 1.165) is 0 Å². The number of urea groups is 1. The summed E-state index contributed by atoms with van der Waals surface area (Å²) in [5.41, 5.74) is 0. The molecule has 0 saturated carbocycles. The molecular weight excluding hydrogens is 270 g/mol. The molecule has 1 saturated heterocycles. The lowest BCUT2D eigenvalue weighted by Gasteiger charge is -2.20. The lowest BCUT2D eigenvalue weighted by atomic mass is 10.3. The van der Waals surface area contributed by atoms with Crippen LogP contribution < -0.4 is 5.32 Å². The Morgan fingerprint density at radius 2 is 2.37 bits per heavy atom. The Kier molecular flexibility index (Phi) is 4.61. The highest BCUT2D eigenvalue weighted by atomic mass is 32.2. The topological polar surface area (TPSA) is 100 Å². The number of hydrogen-bond acceptors (Lipinski definition) is 5. The fraction of sp³-hybridized carbons (Fsp3) is 0.600. The maximum Gasteiger partial charge on any atom is 0.327 e. The van der Waals surface area contributed by atoms with Crippen LogP contribution in [0.1, 0.15) is 6.42 Å². The largest absolute Gasteiger partial charge is 0.480 e. The van der Waals surface area contributed by atoms with Crippen molar-refractivity contribution in [3.8, 4) is 0 Å². The van der Waals surface area contributed by atoms with E-state index in [9.17, 15) is 9.59 Å². The van der Waals surface area contributed by atoms with Crippen LogP contribution in [0.2, 0.25) is 0 Å². The predicted octanol–water partition coefficient (Wildman–Crippen LogP) is -0.163. The van der Waals surface area contributed by atoms with Crippen molar-refractivity contribution in [2.75, 3.05) is 18.2 Å². The molecule has 1 aliphatic heterocycles. The molecule has 2 rings (SSSR count). The van der Waals surface area contributed by atoms with Crippen molar-refractivity contribution < 1.29 is 14.7 Å². The lowest BCUT2D eigenvalue weighted by molar-refractivity contribution is -0.140. The van der Waals surface area contributed by atoms with Crippen molar-refractivity contribution in [1.82, 2.24) is 25.2 Å². The van der Waals surface area contributed by atoms with Gasteiger partial charge in [-0.25, -0.2) is 9.59 Å². The summed E-state index contributed by atoms with van der Waals surface area (Å²) in [7, 11) is 0. The number of aliphatic carboxylic acids is 1. The molecule has 0 aliphatic carbocycles. The molecule has 1 aromatic rings. The summed E-state index contributed by atoms with van der Waals surface area (Å²) in [6.45, 7) is 1.14. The Bertz CT molecular complexity index is 438. The number of aromatic nitrogens is 3. The summed E-state index contributed by atoms with van der Waals surface area (Å²) >= 11 is 1.45. The zero-order valence-corrected chi connectivity index (χ0v) is 11.0. The molecule has 2 heterocycles. The van der Waals surface area contributed by atoms with Crippen molar-refractivity contribution in [2.45, 2.75) is 19.0 Å². The molecule has 0 aromatic carbocycles. The van der Waals surface area contributed by atoms with E-state index in [2.05, 4.69) is 15.6 Å². The van der Waals surface area contributed by atoms with Crippen molar-refractivity contribution in [2.24, 2.45) is 0 Å². The highest BCUT2D eigenvalue weighted by molar-refractivity contribution is 7.99. The van der Waals surface area contributed by atoms with Crippen LogP contribution in [-0.2, 0) is 11.3 Å². The quantitative estimate of drug-likeness (QED) is 0.729. The summed E-state index contributed by atoms with van der Waals surface area (Å²) in [6, 6.07) is -1.05. The first-order chi connectivity index (χ1) is 9.18. The van der Waals surface area contributed by atoms with Gasteiger partial charge in [-0.3, -0.25) is 4.68 Å². The van der Waals surface area contributed by atoms with Crippen molar-refractivity contribution in [3.63, 3.8) is 0 Å². The Labute approximate surface area is 114 Å². The first-order valence-corrected chi connectivity index (χ1v) is 7.03. The lowest BCUT2D eigenvalue weighted by Crippen LogP contribution is -2.47. The zero-order chi connectivity index (χ0) is 13.7. The van der Waals surface area contributed by atoms with Gasteiger partial charge in [-0.15, -0.1) is 16.9 Å². The van der Waals surface area contributed by atoms with Crippen LogP contribution in [0.5, 0.6) is 0 Å². The molecule has 0 bridgehead atoms. The van der Waals surface area contributed by atoms with Crippen molar-refractivity contribution in [1.29, 1.82) is 0 Å². The highest BCUT2D eigenvalue weighted by Crippen LogP contribution is 2.20. The number of carbonyl (C=O) groups excluding carboxylic acids is 1. The normalized spacial score (nSPS) is 18.5. The Morgan fingerprint density at radius 3 is 3.05 bits per heavy atom. The van der Waals surface area contributed by atoms with Gasteiger partial charge in [0.25, 0.3) is 0 Å². The second-order valence-corrected chi connectivity index (χ2v) is 5.08. The first kappa shape index (κ1) is 13.7. The van der Waals surface area contributed by atoms with Crippen LogP contribution in [0.25, 0.3) is 0 Å². The smallest absolute Gasteiger partial charge is 0.327 e. The van der Waals surface area contributed by atoms with Crippen LogP contribution in [0.15, 0.2) is 12.4 Å². The number of carboxylic acid groups (broad SMARTS) is 1. The van der Waals surface area contributed by atoms with E-state index in [0.29, 0.717) is 31.1 Å². The second kappa shape index (κ2) is 6.41. The third-order valence-electron chi connectivity index (χ3n) is 2.74. The number of hydrogen-bond donors (Lipinski definition) is 2.